The minimum atomic E-state index is -0.508. The average Bonchev–Trinajstić information content (AvgIpc) is 3.34. The van der Waals surface area contributed by atoms with Crippen molar-refractivity contribution < 1.29 is 19.1 Å². The third-order valence-corrected chi connectivity index (χ3v) is 4.40. The molecule has 1 saturated heterocycles. The first-order valence-electron chi connectivity index (χ1n) is 8.87. The highest BCUT2D eigenvalue weighted by Gasteiger charge is 2.24. The number of nitrogens with zero attached hydrogens (tertiary/aromatic N) is 4. The van der Waals surface area contributed by atoms with Crippen molar-refractivity contribution in [3.8, 4) is 11.5 Å². The molecule has 0 radical (unpaired) electrons. The Morgan fingerprint density at radius 3 is 3.04 bits per heavy atom. The summed E-state index contributed by atoms with van der Waals surface area (Å²) in [6, 6.07) is 3.00. The Bertz CT molecular complexity index is 933. The summed E-state index contributed by atoms with van der Waals surface area (Å²) in [4.78, 5) is 11.0. The largest absolute Gasteiger partial charge is 0.493 e. The highest BCUT2D eigenvalue weighted by molar-refractivity contribution is 7.71. The molecule has 2 aromatic rings. The van der Waals surface area contributed by atoms with Crippen LogP contribution in [-0.4, -0.2) is 46.3 Å². The van der Waals surface area contributed by atoms with E-state index in [1.54, 1.807) is 6.07 Å². The van der Waals surface area contributed by atoms with Crippen molar-refractivity contribution in [2.45, 2.75) is 32.3 Å². The second-order valence-electron chi connectivity index (χ2n) is 6.12. The molecule has 11 heteroatoms. The normalized spacial score (nSPS) is 16.6. The van der Waals surface area contributed by atoms with Gasteiger partial charge in [0, 0.05) is 18.2 Å². The molecule has 10 nitrogen and oxygen atoms in total. The number of aromatic nitrogens is 3. The maximum absolute atomic E-state index is 11.5. The summed E-state index contributed by atoms with van der Waals surface area (Å²) in [5.74, 6) is 0.939. The molecular weight excluding hydrogens is 386 g/mol. The highest BCUT2D eigenvalue weighted by Crippen LogP contribution is 2.38. The van der Waals surface area contributed by atoms with Crippen LogP contribution in [0.4, 0.5) is 5.69 Å². The van der Waals surface area contributed by atoms with Gasteiger partial charge in [-0.1, -0.05) is 6.92 Å². The van der Waals surface area contributed by atoms with Gasteiger partial charge in [-0.25, -0.2) is 0 Å². The van der Waals surface area contributed by atoms with Crippen molar-refractivity contribution >= 4 is 24.1 Å². The molecule has 3 rings (SSSR count). The van der Waals surface area contributed by atoms with E-state index in [0.29, 0.717) is 35.8 Å². The number of hydrogen-bond donors (Lipinski definition) is 1. The van der Waals surface area contributed by atoms with Crippen LogP contribution in [0.2, 0.25) is 0 Å². The van der Waals surface area contributed by atoms with Gasteiger partial charge in [0.15, 0.2) is 11.6 Å². The third kappa shape index (κ3) is 4.20. The van der Waals surface area contributed by atoms with Crippen molar-refractivity contribution in [1.29, 1.82) is 0 Å². The molecule has 1 aromatic heterocycles. The summed E-state index contributed by atoms with van der Waals surface area (Å²) in [5, 5.41) is 22.7. The molecule has 0 bridgehead atoms. The molecule has 1 unspecified atom stereocenters. The Balaban J connectivity index is 1.96. The molecule has 1 aliphatic rings. The molecule has 28 heavy (non-hydrogen) atoms. The second-order valence-corrected chi connectivity index (χ2v) is 6.51. The molecule has 1 aromatic carbocycles. The first-order valence-corrected chi connectivity index (χ1v) is 9.28. The van der Waals surface area contributed by atoms with E-state index < -0.39 is 4.92 Å². The van der Waals surface area contributed by atoms with Gasteiger partial charge in [0.25, 0.3) is 0 Å². The Kier molecular flexibility index (Phi) is 6.37. The third-order valence-electron chi connectivity index (χ3n) is 4.14. The number of H-pyrrole nitrogens is 1. The van der Waals surface area contributed by atoms with Gasteiger partial charge in [-0.2, -0.15) is 14.9 Å². The van der Waals surface area contributed by atoms with Gasteiger partial charge in [0.1, 0.15) is 6.10 Å². The van der Waals surface area contributed by atoms with Crippen LogP contribution >= 0.6 is 12.2 Å². The molecule has 0 spiro atoms. The van der Waals surface area contributed by atoms with E-state index in [0.717, 1.165) is 12.8 Å². The van der Waals surface area contributed by atoms with E-state index in [1.807, 2.05) is 6.92 Å². The fourth-order valence-electron chi connectivity index (χ4n) is 2.85. The maximum Gasteiger partial charge on any atom is 0.315 e. The van der Waals surface area contributed by atoms with Crippen LogP contribution in [0.1, 0.15) is 43.7 Å². The molecule has 0 aliphatic carbocycles. The van der Waals surface area contributed by atoms with Crippen LogP contribution in [0.3, 0.4) is 0 Å². The molecule has 2 heterocycles. The van der Waals surface area contributed by atoms with Gasteiger partial charge in [-0.05, 0) is 37.5 Å². The molecule has 1 atom stereocenters. The van der Waals surface area contributed by atoms with Gasteiger partial charge < -0.3 is 14.2 Å². The topological polar surface area (TPSA) is 117 Å². The zero-order valence-corrected chi connectivity index (χ0v) is 16.4. The smallest absolute Gasteiger partial charge is 0.315 e. The number of hydrogen-bond acceptors (Lipinski definition) is 8. The summed E-state index contributed by atoms with van der Waals surface area (Å²) >= 11 is 5.23. The van der Waals surface area contributed by atoms with Crippen molar-refractivity contribution in [1.82, 2.24) is 14.9 Å². The molecule has 1 N–H and O–H groups in total. The quantitative estimate of drug-likeness (QED) is 0.308. The van der Waals surface area contributed by atoms with Gasteiger partial charge in [0.2, 0.25) is 10.5 Å². The zero-order valence-electron chi connectivity index (χ0n) is 15.6. The van der Waals surface area contributed by atoms with Crippen LogP contribution in [0.25, 0.3) is 0 Å². The second kappa shape index (κ2) is 8.93. The highest BCUT2D eigenvalue weighted by atomic mass is 32.1. The van der Waals surface area contributed by atoms with Gasteiger partial charge in [0.05, 0.1) is 24.9 Å². The molecule has 1 aliphatic heterocycles. The summed E-state index contributed by atoms with van der Waals surface area (Å²) in [7, 11) is 1.43. The summed E-state index contributed by atoms with van der Waals surface area (Å²) in [6.07, 6.45) is 3.77. The van der Waals surface area contributed by atoms with E-state index >= 15 is 0 Å². The monoisotopic (exact) mass is 407 g/mol. The minimum Gasteiger partial charge on any atom is -0.493 e. The predicted molar refractivity (Wildman–Crippen MR) is 104 cm³/mol. The Morgan fingerprint density at radius 2 is 2.39 bits per heavy atom. The van der Waals surface area contributed by atoms with E-state index in [2.05, 4.69) is 15.3 Å². The van der Waals surface area contributed by atoms with E-state index in [9.17, 15) is 10.1 Å². The van der Waals surface area contributed by atoms with Crippen LogP contribution in [0.15, 0.2) is 17.2 Å². The number of benzene rings is 1. The molecule has 150 valence electrons. The lowest BCUT2D eigenvalue weighted by Gasteiger charge is -2.11. The first kappa shape index (κ1) is 20.0. The number of nitro groups is 1. The fraction of sp³-hybridized carbons (Fsp3) is 0.471. The van der Waals surface area contributed by atoms with Gasteiger partial charge in [-0.15, -0.1) is 0 Å². The van der Waals surface area contributed by atoms with E-state index in [-0.39, 0.29) is 23.3 Å². The lowest BCUT2D eigenvalue weighted by atomic mass is 10.2. The number of rotatable bonds is 8. The molecule has 0 amide bonds. The molecule has 1 fully saturated rings. The standard InChI is InChI=1S/C17H21N5O5S/c1-3-6-27-15-12(22(23)24)8-11(9-14(15)25-2)10-18-21-16(19-20-17(21)28)13-5-4-7-26-13/h8-10,13H,3-7H2,1-2H3,(H,20,28)/b18-10-. The maximum atomic E-state index is 11.5. The Hall–Kier alpha value is -2.79. The zero-order chi connectivity index (χ0) is 20.1. The van der Waals surface area contributed by atoms with Crippen molar-refractivity contribution in [2.75, 3.05) is 20.3 Å². The molecular formula is C17H21N5O5S. The van der Waals surface area contributed by atoms with Crippen molar-refractivity contribution in [3.63, 3.8) is 0 Å². The van der Waals surface area contributed by atoms with Crippen LogP contribution in [0, 0.1) is 14.9 Å². The number of ether oxygens (including phenoxy) is 3. The number of nitrogens with one attached hydrogen (secondary N) is 1. The molecule has 0 saturated carbocycles. The van der Waals surface area contributed by atoms with Crippen LogP contribution in [0.5, 0.6) is 11.5 Å². The summed E-state index contributed by atoms with van der Waals surface area (Å²) < 4.78 is 18.2. The fourth-order valence-corrected chi connectivity index (χ4v) is 3.04. The predicted octanol–water partition coefficient (Wildman–Crippen LogP) is 3.38. The number of nitro benzene ring substituents is 1. The lowest BCUT2D eigenvalue weighted by molar-refractivity contribution is -0.386. The minimum absolute atomic E-state index is 0.103. The van der Waals surface area contributed by atoms with E-state index in [4.69, 9.17) is 26.4 Å². The average molecular weight is 407 g/mol. The summed E-state index contributed by atoms with van der Waals surface area (Å²) in [6.45, 7) is 2.93. The summed E-state index contributed by atoms with van der Waals surface area (Å²) in [5.41, 5.74) is 0.276. The van der Waals surface area contributed by atoms with Crippen LogP contribution < -0.4 is 9.47 Å². The Labute approximate surface area is 166 Å². The lowest BCUT2D eigenvalue weighted by Crippen LogP contribution is -2.06. The van der Waals surface area contributed by atoms with Crippen LogP contribution in [-0.2, 0) is 4.74 Å². The Morgan fingerprint density at radius 1 is 1.57 bits per heavy atom. The van der Waals surface area contributed by atoms with Gasteiger partial charge >= 0.3 is 5.69 Å². The first-order chi connectivity index (χ1) is 13.5. The van der Waals surface area contributed by atoms with Gasteiger partial charge in [-0.3, -0.25) is 15.2 Å². The number of methoxy groups -OCH3 is 1. The van der Waals surface area contributed by atoms with E-state index in [1.165, 1.54) is 24.1 Å². The van der Waals surface area contributed by atoms with Crippen molar-refractivity contribution in [2.24, 2.45) is 5.10 Å². The SMILES string of the molecule is CCCOc1c(OC)cc(/C=N\n2c(C3CCCO3)n[nH]c2=S)cc1[N+](=O)[O-]. The van der Waals surface area contributed by atoms with Crippen molar-refractivity contribution in [3.05, 3.63) is 38.4 Å². The number of aromatic amines is 1.